The molecule has 2 amide bonds. The van der Waals surface area contributed by atoms with Gasteiger partial charge in [0.1, 0.15) is 11.4 Å². The molecule has 0 spiro atoms. The third kappa shape index (κ3) is 3.02. The molecular formula is C15H18ClFN2O2. The Morgan fingerprint density at radius 3 is 2.52 bits per heavy atom. The fourth-order valence-electron chi connectivity index (χ4n) is 2.63. The molecule has 0 aromatic heterocycles. The first-order valence-electron chi connectivity index (χ1n) is 7.01. The summed E-state index contributed by atoms with van der Waals surface area (Å²) in [6.45, 7) is 3.92. The van der Waals surface area contributed by atoms with Crippen molar-refractivity contribution in [1.29, 1.82) is 0 Å². The lowest BCUT2D eigenvalue weighted by Crippen LogP contribution is -2.56. The number of hydrogen-bond donors (Lipinski definition) is 1. The van der Waals surface area contributed by atoms with Crippen molar-refractivity contribution >= 4 is 29.1 Å². The smallest absolute Gasteiger partial charge is 0.252 e. The maximum Gasteiger partial charge on any atom is 0.252 e. The number of anilines is 1. The van der Waals surface area contributed by atoms with E-state index in [1.807, 2.05) is 13.8 Å². The van der Waals surface area contributed by atoms with Gasteiger partial charge in [-0.1, -0.05) is 25.4 Å². The van der Waals surface area contributed by atoms with E-state index >= 15 is 0 Å². The average Bonchev–Trinajstić information content (AvgIpc) is 2.55. The van der Waals surface area contributed by atoms with Crippen LogP contribution >= 0.6 is 11.6 Å². The molecule has 1 aliphatic rings. The third-order valence-electron chi connectivity index (χ3n) is 3.96. The molecule has 1 saturated heterocycles. The zero-order valence-corrected chi connectivity index (χ0v) is 12.8. The molecule has 0 bridgehead atoms. The van der Waals surface area contributed by atoms with Gasteiger partial charge < -0.3 is 10.2 Å². The molecule has 4 nitrogen and oxygen atoms in total. The van der Waals surface area contributed by atoms with Crippen LogP contribution in [0.25, 0.3) is 0 Å². The van der Waals surface area contributed by atoms with Crippen LogP contribution in [0, 0.1) is 5.82 Å². The molecule has 0 atom stereocenters. The second-order valence-electron chi connectivity index (χ2n) is 5.17. The van der Waals surface area contributed by atoms with Crippen LogP contribution in [0.4, 0.5) is 10.1 Å². The van der Waals surface area contributed by atoms with Crippen LogP contribution in [0.15, 0.2) is 18.2 Å². The van der Waals surface area contributed by atoms with Gasteiger partial charge in [-0.25, -0.2) is 4.39 Å². The van der Waals surface area contributed by atoms with Crippen molar-refractivity contribution in [3.63, 3.8) is 0 Å². The fraction of sp³-hybridized carbons (Fsp3) is 0.467. The summed E-state index contributed by atoms with van der Waals surface area (Å²) < 4.78 is 13.5. The van der Waals surface area contributed by atoms with E-state index in [2.05, 4.69) is 5.32 Å². The Morgan fingerprint density at radius 2 is 1.95 bits per heavy atom. The van der Waals surface area contributed by atoms with E-state index in [1.54, 1.807) is 0 Å². The van der Waals surface area contributed by atoms with E-state index in [1.165, 1.54) is 23.1 Å². The van der Waals surface area contributed by atoms with Gasteiger partial charge in [0.15, 0.2) is 0 Å². The molecule has 1 heterocycles. The van der Waals surface area contributed by atoms with Gasteiger partial charge in [0, 0.05) is 23.7 Å². The van der Waals surface area contributed by atoms with Gasteiger partial charge in [-0.3, -0.25) is 9.59 Å². The van der Waals surface area contributed by atoms with Gasteiger partial charge in [-0.15, -0.1) is 0 Å². The van der Waals surface area contributed by atoms with Crippen LogP contribution in [-0.2, 0) is 9.59 Å². The Labute approximate surface area is 128 Å². The highest BCUT2D eigenvalue weighted by molar-refractivity contribution is 6.31. The van der Waals surface area contributed by atoms with Crippen LogP contribution in [-0.4, -0.2) is 23.9 Å². The summed E-state index contributed by atoms with van der Waals surface area (Å²) in [5.41, 5.74) is -0.556. The molecule has 1 N–H and O–H groups in total. The quantitative estimate of drug-likeness (QED) is 0.933. The van der Waals surface area contributed by atoms with E-state index in [4.69, 9.17) is 11.6 Å². The molecule has 0 saturated carbocycles. The first-order valence-corrected chi connectivity index (χ1v) is 7.38. The zero-order chi connectivity index (χ0) is 15.6. The Kier molecular flexibility index (Phi) is 4.52. The van der Waals surface area contributed by atoms with Crippen LogP contribution in [0.3, 0.4) is 0 Å². The number of amides is 2. The molecular weight excluding hydrogens is 295 g/mol. The average molecular weight is 313 g/mol. The van der Waals surface area contributed by atoms with Crippen LogP contribution in [0.2, 0.25) is 5.02 Å². The number of halogens is 2. The second kappa shape index (κ2) is 6.02. The van der Waals surface area contributed by atoms with Crippen molar-refractivity contribution in [2.24, 2.45) is 0 Å². The Morgan fingerprint density at radius 1 is 1.29 bits per heavy atom. The molecule has 114 valence electrons. The van der Waals surface area contributed by atoms with Gasteiger partial charge in [0.05, 0.1) is 0 Å². The Balaban J connectivity index is 2.46. The fourth-order valence-corrected chi connectivity index (χ4v) is 2.84. The van der Waals surface area contributed by atoms with Crippen molar-refractivity contribution in [2.75, 3.05) is 11.4 Å². The molecule has 0 radical (unpaired) electrons. The van der Waals surface area contributed by atoms with Gasteiger partial charge >= 0.3 is 0 Å². The lowest BCUT2D eigenvalue weighted by Gasteiger charge is -2.33. The molecule has 2 rings (SSSR count). The van der Waals surface area contributed by atoms with Crippen molar-refractivity contribution in [2.45, 2.75) is 38.6 Å². The predicted octanol–water partition coefficient (Wildman–Crippen LogP) is 2.89. The minimum absolute atomic E-state index is 0.169. The van der Waals surface area contributed by atoms with Crippen molar-refractivity contribution < 1.29 is 14.0 Å². The molecule has 1 fully saturated rings. The van der Waals surface area contributed by atoms with Crippen molar-refractivity contribution in [3.8, 4) is 0 Å². The minimum Gasteiger partial charge on any atom is -0.342 e. The summed E-state index contributed by atoms with van der Waals surface area (Å²) in [5.74, 6) is -0.899. The maximum atomic E-state index is 13.5. The Bertz CT molecular complexity index is 553. The third-order valence-corrected chi connectivity index (χ3v) is 4.18. The predicted molar refractivity (Wildman–Crippen MR) is 79.8 cm³/mol. The lowest BCUT2D eigenvalue weighted by molar-refractivity contribution is -0.130. The van der Waals surface area contributed by atoms with E-state index in [9.17, 15) is 14.0 Å². The SMILES string of the molecule is CCC1(CC)NC(=O)CCN(c2cc(F)cc(Cl)c2)C1=O. The first-order chi connectivity index (χ1) is 9.91. The summed E-state index contributed by atoms with van der Waals surface area (Å²) in [4.78, 5) is 26.2. The number of benzene rings is 1. The monoisotopic (exact) mass is 312 g/mol. The van der Waals surface area contributed by atoms with Crippen LogP contribution < -0.4 is 10.2 Å². The molecule has 0 unspecified atom stereocenters. The highest BCUT2D eigenvalue weighted by Crippen LogP contribution is 2.28. The summed E-state index contributed by atoms with van der Waals surface area (Å²) in [7, 11) is 0. The molecule has 0 aliphatic carbocycles. The van der Waals surface area contributed by atoms with Gasteiger partial charge in [-0.05, 0) is 31.0 Å². The molecule has 6 heteroatoms. The first kappa shape index (κ1) is 15.8. The van der Waals surface area contributed by atoms with Gasteiger partial charge in [0.25, 0.3) is 5.91 Å². The van der Waals surface area contributed by atoms with E-state index < -0.39 is 11.4 Å². The lowest BCUT2D eigenvalue weighted by atomic mass is 9.91. The second-order valence-corrected chi connectivity index (χ2v) is 5.61. The highest BCUT2D eigenvalue weighted by Gasteiger charge is 2.42. The summed E-state index contributed by atoms with van der Waals surface area (Å²) in [5, 5.41) is 3.04. The van der Waals surface area contributed by atoms with Crippen LogP contribution in [0.5, 0.6) is 0 Å². The van der Waals surface area contributed by atoms with E-state index in [0.29, 0.717) is 18.5 Å². The topological polar surface area (TPSA) is 49.4 Å². The number of rotatable bonds is 3. The standard InChI is InChI=1S/C15H18ClFN2O2/c1-3-15(4-2)14(21)19(6-5-13(20)18-15)12-8-10(16)7-11(17)9-12/h7-9H,3-6H2,1-2H3,(H,18,20). The minimum atomic E-state index is -0.938. The normalized spacial score (nSPS) is 18.4. The molecule has 1 aromatic rings. The largest absolute Gasteiger partial charge is 0.342 e. The molecule has 21 heavy (non-hydrogen) atoms. The Hall–Kier alpha value is -1.62. The summed E-state index contributed by atoms with van der Waals surface area (Å²) in [6.07, 6.45) is 1.14. The maximum absolute atomic E-state index is 13.5. The van der Waals surface area contributed by atoms with Crippen molar-refractivity contribution in [3.05, 3.63) is 29.0 Å². The number of hydrogen-bond acceptors (Lipinski definition) is 2. The number of nitrogens with zero attached hydrogens (tertiary/aromatic N) is 1. The van der Waals surface area contributed by atoms with E-state index in [-0.39, 0.29) is 29.8 Å². The van der Waals surface area contributed by atoms with Gasteiger partial charge in [0.2, 0.25) is 5.91 Å². The highest BCUT2D eigenvalue weighted by atomic mass is 35.5. The van der Waals surface area contributed by atoms with Crippen LogP contribution in [0.1, 0.15) is 33.1 Å². The number of carbonyl (C=O) groups excluding carboxylic acids is 2. The summed E-state index contributed by atoms with van der Waals surface area (Å²) >= 11 is 5.86. The zero-order valence-electron chi connectivity index (χ0n) is 12.1. The molecule has 1 aromatic carbocycles. The van der Waals surface area contributed by atoms with Gasteiger partial charge in [-0.2, -0.15) is 0 Å². The van der Waals surface area contributed by atoms with Crippen molar-refractivity contribution in [1.82, 2.24) is 5.32 Å². The number of nitrogens with one attached hydrogen (secondary N) is 1. The van der Waals surface area contributed by atoms with E-state index in [0.717, 1.165) is 0 Å². The number of carbonyl (C=O) groups is 2. The molecule has 1 aliphatic heterocycles. The summed E-state index contributed by atoms with van der Waals surface area (Å²) in [6, 6.07) is 3.98.